The summed E-state index contributed by atoms with van der Waals surface area (Å²) in [6, 6.07) is 0. The summed E-state index contributed by atoms with van der Waals surface area (Å²) in [5, 5.41) is 0. The highest BCUT2D eigenvalue weighted by molar-refractivity contribution is 5.71. The zero-order chi connectivity index (χ0) is 13.3. The quantitative estimate of drug-likeness (QED) is 0.724. The fraction of sp³-hybridized carbons (Fsp3) is 0.933. The van der Waals surface area contributed by atoms with Gasteiger partial charge in [-0.25, -0.2) is 0 Å². The molecule has 0 spiro atoms. The van der Waals surface area contributed by atoms with Crippen LogP contribution in [0.15, 0.2) is 0 Å². The first-order valence-corrected chi connectivity index (χ1v) is 7.32. The van der Waals surface area contributed by atoms with E-state index >= 15 is 0 Å². The molecule has 18 heavy (non-hydrogen) atoms. The second kappa shape index (κ2) is 5.60. The van der Waals surface area contributed by atoms with Gasteiger partial charge in [-0.1, -0.05) is 34.1 Å². The number of cyclic esters (lactones) is 1. The van der Waals surface area contributed by atoms with E-state index in [1.807, 2.05) is 6.92 Å². The molecule has 0 aromatic heterocycles. The first kappa shape index (κ1) is 13.9. The van der Waals surface area contributed by atoms with Crippen LogP contribution in [-0.4, -0.2) is 18.4 Å². The molecule has 1 aliphatic heterocycles. The lowest BCUT2D eigenvalue weighted by Gasteiger charge is -2.38. The van der Waals surface area contributed by atoms with Gasteiger partial charge in [-0.3, -0.25) is 4.79 Å². The maximum absolute atomic E-state index is 11.3. The Morgan fingerprint density at radius 2 is 2.00 bits per heavy atom. The monoisotopic (exact) mass is 254 g/mol. The largest absolute Gasteiger partial charge is 0.435 e. The van der Waals surface area contributed by atoms with Crippen molar-refractivity contribution in [1.82, 2.24) is 0 Å². The van der Waals surface area contributed by atoms with Crippen LogP contribution in [-0.2, 0) is 14.3 Å². The minimum Gasteiger partial charge on any atom is -0.435 e. The molecule has 2 aliphatic rings. The third kappa shape index (κ3) is 3.05. The minimum absolute atomic E-state index is 0.113. The molecule has 0 bridgehead atoms. The molecular formula is C15H26O3. The lowest BCUT2D eigenvalue weighted by atomic mass is 9.75. The summed E-state index contributed by atoms with van der Waals surface area (Å²) in [5.74, 6) is 2.04. The fourth-order valence-electron chi connectivity index (χ4n) is 3.26. The molecule has 0 aromatic rings. The average Bonchev–Trinajstić information content (AvgIpc) is 2.57. The number of ether oxygens (including phenoxy) is 2. The number of hydrogen-bond donors (Lipinski definition) is 0. The van der Waals surface area contributed by atoms with Crippen LogP contribution in [0.5, 0.6) is 0 Å². The van der Waals surface area contributed by atoms with Gasteiger partial charge in [0.05, 0.1) is 12.5 Å². The van der Waals surface area contributed by atoms with Crippen molar-refractivity contribution >= 4 is 5.97 Å². The number of rotatable bonds is 3. The number of esters is 1. The predicted octanol–water partition coefficient (Wildman–Crippen LogP) is 3.37. The van der Waals surface area contributed by atoms with E-state index in [0.29, 0.717) is 18.3 Å². The van der Waals surface area contributed by atoms with E-state index in [4.69, 9.17) is 9.47 Å². The second-order valence-corrected chi connectivity index (χ2v) is 6.54. The smallest absolute Gasteiger partial charge is 0.308 e. The summed E-state index contributed by atoms with van der Waals surface area (Å²) in [4.78, 5) is 11.3. The van der Waals surface area contributed by atoms with E-state index in [2.05, 4.69) is 20.8 Å². The van der Waals surface area contributed by atoms with E-state index in [9.17, 15) is 4.79 Å². The van der Waals surface area contributed by atoms with Gasteiger partial charge in [0, 0.05) is 5.92 Å². The molecule has 5 atom stereocenters. The molecule has 0 unspecified atom stereocenters. The minimum atomic E-state index is -0.311. The van der Waals surface area contributed by atoms with Crippen molar-refractivity contribution in [2.75, 3.05) is 0 Å². The van der Waals surface area contributed by atoms with Crippen LogP contribution < -0.4 is 0 Å². The summed E-state index contributed by atoms with van der Waals surface area (Å²) in [7, 11) is 0. The van der Waals surface area contributed by atoms with Crippen molar-refractivity contribution in [1.29, 1.82) is 0 Å². The fourth-order valence-corrected chi connectivity index (χ4v) is 3.26. The Morgan fingerprint density at radius 3 is 2.56 bits per heavy atom. The van der Waals surface area contributed by atoms with Crippen molar-refractivity contribution < 1.29 is 14.3 Å². The third-order valence-electron chi connectivity index (χ3n) is 4.47. The van der Waals surface area contributed by atoms with Crippen LogP contribution >= 0.6 is 0 Å². The van der Waals surface area contributed by atoms with Gasteiger partial charge in [0.1, 0.15) is 0 Å². The predicted molar refractivity (Wildman–Crippen MR) is 69.9 cm³/mol. The molecule has 0 aromatic carbocycles. The highest BCUT2D eigenvalue weighted by Gasteiger charge is 2.38. The zero-order valence-electron chi connectivity index (χ0n) is 12.0. The van der Waals surface area contributed by atoms with Crippen LogP contribution in [0.2, 0.25) is 0 Å². The van der Waals surface area contributed by atoms with Crippen molar-refractivity contribution in [2.45, 2.75) is 65.8 Å². The first-order valence-electron chi connectivity index (χ1n) is 7.32. The van der Waals surface area contributed by atoms with E-state index in [0.717, 1.165) is 12.3 Å². The molecule has 0 N–H and O–H groups in total. The van der Waals surface area contributed by atoms with Crippen LogP contribution in [0.25, 0.3) is 0 Å². The second-order valence-electron chi connectivity index (χ2n) is 6.54. The van der Waals surface area contributed by atoms with E-state index < -0.39 is 0 Å². The molecule has 1 aliphatic carbocycles. The summed E-state index contributed by atoms with van der Waals surface area (Å²) in [6.07, 6.45) is 4.07. The standard InChI is InChI=1S/C15H26O3/c1-9(2)12-6-5-10(3)7-13(12)17-15-11(4)8-14(16)18-15/h9-13,15H,5-8H2,1-4H3/t10-,11+,12+,13-,15-/m1/s1. The Morgan fingerprint density at radius 1 is 1.28 bits per heavy atom. The lowest BCUT2D eigenvalue weighted by Crippen LogP contribution is -2.38. The van der Waals surface area contributed by atoms with Crippen LogP contribution in [0.4, 0.5) is 0 Å². The molecule has 2 fully saturated rings. The molecule has 0 radical (unpaired) electrons. The summed E-state index contributed by atoms with van der Waals surface area (Å²) in [5.41, 5.74) is 0. The normalized spacial score (nSPS) is 41.2. The van der Waals surface area contributed by atoms with E-state index in [1.54, 1.807) is 0 Å². The van der Waals surface area contributed by atoms with Crippen molar-refractivity contribution in [3.63, 3.8) is 0 Å². The van der Waals surface area contributed by atoms with Gasteiger partial charge in [0.25, 0.3) is 0 Å². The molecule has 3 heteroatoms. The Bertz CT molecular complexity index is 300. The van der Waals surface area contributed by atoms with Gasteiger partial charge in [-0.05, 0) is 30.6 Å². The molecular weight excluding hydrogens is 228 g/mol. The van der Waals surface area contributed by atoms with Crippen LogP contribution in [0.3, 0.4) is 0 Å². The maximum atomic E-state index is 11.3. The van der Waals surface area contributed by atoms with Crippen molar-refractivity contribution in [3.05, 3.63) is 0 Å². The highest BCUT2D eigenvalue weighted by atomic mass is 16.7. The van der Waals surface area contributed by atoms with E-state index in [1.165, 1.54) is 12.8 Å². The lowest BCUT2D eigenvalue weighted by molar-refractivity contribution is -0.194. The Labute approximate surface area is 110 Å². The number of carbonyl (C=O) groups is 1. The maximum Gasteiger partial charge on any atom is 0.308 e. The number of carbonyl (C=O) groups excluding carboxylic acids is 1. The van der Waals surface area contributed by atoms with Gasteiger partial charge in [-0.15, -0.1) is 0 Å². The average molecular weight is 254 g/mol. The Kier molecular flexibility index (Phi) is 4.31. The van der Waals surface area contributed by atoms with Gasteiger partial charge < -0.3 is 9.47 Å². The summed E-state index contributed by atoms with van der Waals surface area (Å²) >= 11 is 0. The van der Waals surface area contributed by atoms with Gasteiger partial charge in [-0.2, -0.15) is 0 Å². The van der Waals surface area contributed by atoms with E-state index in [-0.39, 0.29) is 24.3 Å². The van der Waals surface area contributed by atoms with Gasteiger partial charge in [0.2, 0.25) is 6.29 Å². The Balaban J connectivity index is 1.98. The van der Waals surface area contributed by atoms with Crippen LogP contribution in [0, 0.1) is 23.7 Å². The number of hydrogen-bond acceptors (Lipinski definition) is 3. The van der Waals surface area contributed by atoms with Gasteiger partial charge in [0.15, 0.2) is 0 Å². The SMILES string of the molecule is CC(C)[C@@H]1CC[C@@H](C)C[C@H]1O[C@@H]1OC(=O)C[C@@H]1C. The molecule has 1 heterocycles. The molecule has 104 valence electrons. The van der Waals surface area contributed by atoms with Crippen molar-refractivity contribution in [2.24, 2.45) is 23.7 Å². The summed E-state index contributed by atoms with van der Waals surface area (Å²) < 4.78 is 11.4. The van der Waals surface area contributed by atoms with Crippen molar-refractivity contribution in [3.8, 4) is 0 Å². The molecule has 2 rings (SSSR count). The molecule has 0 amide bonds. The highest BCUT2D eigenvalue weighted by Crippen LogP contribution is 2.37. The molecule has 1 saturated heterocycles. The molecule has 1 saturated carbocycles. The first-order chi connectivity index (χ1) is 8.47. The van der Waals surface area contributed by atoms with Gasteiger partial charge >= 0.3 is 5.97 Å². The third-order valence-corrected chi connectivity index (χ3v) is 4.47. The summed E-state index contributed by atoms with van der Waals surface area (Å²) in [6.45, 7) is 8.85. The Hall–Kier alpha value is -0.570. The van der Waals surface area contributed by atoms with Crippen LogP contribution in [0.1, 0.15) is 53.4 Å². The zero-order valence-corrected chi connectivity index (χ0v) is 12.0. The molecule has 3 nitrogen and oxygen atoms in total. The topological polar surface area (TPSA) is 35.5 Å².